The molecule has 5 heteroatoms. The average Bonchev–Trinajstić information content (AvgIpc) is 2.68. The van der Waals surface area contributed by atoms with Crippen LogP contribution in [0.25, 0.3) is 5.57 Å². The standard InChI is InChI=1S/C23H18I2O3/c24-19-7-3-17(4-8-19)22(18-5-9-20(25)10-6-18)13-14-28-21-11-1-16(2-12-21)15-23(26)27/h1-13H,14-15H2,(H,26,27). The van der Waals surface area contributed by atoms with Crippen LogP contribution >= 0.6 is 45.2 Å². The Morgan fingerprint density at radius 3 is 1.79 bits per heavy atom. The van der Waals surface area contributed by atoms with Crippen molar-refractivity contribution in [2.24, 2.45) is 0 Å². The number of carboxylic acid groups (broad SMARTS) is 1. The second kappa shape index (κ2) is 10.1. The van der Waals surface area contributed by atoms with Crippen molar-refractivity contribution < 1.29 is 14.6 Å². The molecule has 0 aliphatic rings. The molecule has 3 aromatic rings. The molecular weight excluding hydrogens is 578 g/mol. The Bertz CT molecular complexity index is 913. The Kier molecular flexibility index (Phi) is 7.50. The van der Waals surface area contributed by atoms with Crippen molar-refractivity contribution in [3.05, 3.63) is 103 Å². The highest BCUT2D eigenvalue weighted by molar-refractivity contribution is 14.1. The number of aliphatic carboxylic acids is 1. The van der Waals surface area contributed by atoms with E-state index in [9.17, 15) is 4.79 Å². The summed E-state index contributed by atoms with van der Waals surface area (Å²) in [5.74, 6) is -0.119. The van der Waals surface area contributed by atoms with Crippen molar-refractivity contribution in [1.82, 2.24) is 0 Å². The lowest BCUT2D eigenvalue weighted by molar-refractivity contribution is -0.136. The highest BCUT2D eigenvalue weighted by atomic mass is 127. The third-order valence-electron chi connectivity index (χ3n) is 4.13. The summed E-state index contributed by atoms with van der Waals surface area (Å²) < 4.78 is 8.25. The summed E-state index contributed by atoms with van der Waals surface area (Å²) in [4.78, 5) is 10.8. The van der Waals surface area contributed by atoms with Gasteiger partial charge in [0.2, 0.25) is 0 Å². The van der Waals surface area contributed by atoms with Gasteiger partial charge in [-0.25, -0.2) is 0 Å². The summed E-state index contributed by atoms with van der Waals surface area (Å²) in [7, 11) is 0. The van der Waals surface area contributed by atoms with E-state index in [1.807, 2.05) is 12.1 Å². The molecule has 0 bridgehead atoms. The van der Waals surface area contributed by atoms with Crippen molar-refractivity contribution in [2.75, 3.05) is 6.61 Å². The summed E-state index contributed by atoms with van der Waals surface area (Å²) in [6, 6.07) is 24.0. The van der Waals surface area contributed by atoms with E-state index in [2.05, 4.69) is 99.8 Å². The van der Waals surface area contributed by atoms with E-state index in [1.54, 1.807) is 12.1 Å². The van der Waals surface area contributed by atoms with Gasteiger partial charge in [0.25, 0.3) is 0 Å². The summed E-state index contributed by atoms with van der Waals surface area (Å²) >= 11 is 4.61. The van der Waals surface area contributed by atoms with Gasteiger partial charge >= 0.3 is 5.97 Å². The number of carboxylic acids is 1. The van der Waals surface area contributed by atoms with E-state index >= 15 is 0 Å². The largest absolute Gasteiger partial charge is 0.490 e. The molecule has 3 aromatic carbocycles. The van der Waals surface area contributed by atoms with Crippen molar-refractivity contribution >= 4 is 56.7 Å². The van der Waals surface area contributed by atoms with Crippen LogP contribution in [0.1, 0.15) is 16.7 Å². The molecule has 142 valence electrons. The van der Waals surface area contributed by atoms with E-state index in [1.165, 1.54) is 7.14 Å². The van der Waals surface area contributed by atoms with Gasteiger partial charge in [-0.15, -0.1) is 0 Å². The lowest BCUT2D eigenvalue weighted by Crippen LogP contribution is -2.00. The maximum Gasteiger partial charge on any atom is 0.307 e. The second-order valence-corrected chi connectivity index (χ2v) is 8.65. The van der Waals surface area contributed by atoms with E-state index in [4.69, 9.17) is 9.84 Å². The molecule has 0 aliphatic carbocycles. The van der Waals surface area contributed by atoms with Gasteiger partial charge in [0.1, 0.15) is 12.4 Å². The molecule has 0 saturated heterocycles. The van der Waals surface area contributed by atoms with Crippen LogP contribution in [-0.2, 0) is 11.2 Å². The fourth-order valence-electron chi connectivity index (χ4n) is 2.76. The number of hydrogen-bond donors (Lipinski definition) is 1. The van der Waals surface area contributed by atoms with Crippen LogP contribution in [0, 0.1) is 7.14 Å². The minimum Gasteiger partial charge on any atom is -0.490 e. The zero-order valence-corrected chi connectivity index (χ0v) is 19.3. The second-order valence-electron chi connectivity index (χ2n) is 6.16. The van der Waals surface area contributed by atoms with E-state index in [0.717, 1.165) is 28.0 Å². The molecule has 0 aliphatic heterocycles. The molecule has 0 atom stereocenters. The van der Waals surface area contributed by atoms with Crippen molar-refractivity contribution in [3.8, 4) is 5.75 Å². The first-order valence-corrected chi connectivity index (χ1v) is 10.8. The van der Waals surface area contributed by atoms with Crippen LogP contribution in [-0.4, -0.2) is 17.7 Å². The molecule has 0 unspecified atom stereocenters. The summed E-state index contributed by atoms with van der Waals surface area (Å²) in [5, 5.41) is 8.85. The summed E-state index contributed by atoms with van der Waals surface area (Å²) in [6.07, 6.45) is 2.10. The smallest absolute Gasteiger partial charge is 0.307 e. The molecule has 0 amide bonds. The van der Waals surface area contributed by atoms with Crippen LogP contribution in [0.15, 0.2) is 78.9 Å². The van der Waals surface area contributed by atoms with Gasteiger partial charge in [-0.3, -0.25) is 4.79 Å². The lowest BCUT2D eigenvalue weighted by atomic mass is 9.98. The molecule has 0 spiro atoms. The maximum absolute atomic E-state index is 10.8. The zero-order valence-electron chi connectivity index (χ0n) is 14.9. The van der Waals surface area contributed by atoms with Crippen molar-refractivity contribution in [2.45, 2.75) is 6.42 Å². The third kappa shape index (κ3) is 6.07. The number of halogens is 2. The Labute approximate surface area is 191 Å². The van der Waals surface area contributed by atoms with Gasteiger partial charge in [0.15, 0.2) is 0 Å². The molecule has 3 nitrogen and oxygen atoms in total. The maximum atomic E-state index is 10.8. The summed E-state index contributed by atoms with van der Waals surface area (Å²) in [6.45, 7) is 0.422. The van der Waals surface area contributed by atoms with E-state index < -0.39 is 5.97 Å². The monoisotopic (exact) mass is 596 g/mol. The fraction of sp³-hybridized carbons (Fsp3) is 0.0870. The van der Waals surface area contributed by atoms with Gasteiger partial charge in [-0.2, -0.15) is 0 Å². The molecule has 1 N–H and O–H groups in total. The Balaban J connectivity index is 1.78. The first-order chi connectivity index (χ1) is 13.5. The Morgan fingerprint density at radius 1 is 0.821 bits per heavy atom. The highest BCUT2D eigenvalue weighted by Gasteiger charge is 2.06. The molecule has 0 fully saturated rings. The lowest BCUT2D eigenvalue weighted by Gasteiger charge is -2.11. The molecule has 0 saturated carbocycles. The molecule has 0 radical (unpaired) electrons. The number of hydrogen-bond acceptors (Lipinski definition) is 2. The van der Waals surface area contributed by atoms with Crippen LogP contribution in [0.4, 0.5) is 0 Å². The van der Waals surface area contributed by atoms with Gasteiger partial charge < -0.3 is 9.84 Å². The van der Waals surface area contributed by atoms with Crippen LogP contribution in [0.3, 0.4) is 0 Å². The molecule has 0 heterocycles. The van der Waals surface area contributed by atoms with E-state index in [-0.39, 0.29) is 6.42 Å². The van der Waals surface area contributed by atoms with Crippen molar-refractivity contribution in [1.29, 1.82) is 0 Å². The van der Waals surface area contributed by atoms with Gasteiger partial charge in [0.05, 0.1) is 6.42 Å². The quantitative estimate of drug-likeness (QED) is 0.339. The SMILES string of the molecule is O=C(O)Cc1ccc(OCC=C(c2ccc(I)cc2)c2ccc(I)cc2)cc1. The number of benzene rings is 3. The predicted molar refractivity (Wildman–Crippen MR) is 129 cm³/mol. The van der Waals surface area contributed by atoms with Gasteiger partial charge in [-0.1, -0.05) is 36.4 Å². The normalized spacial score (nSPS) is 10.4. The number of ether oxygens (including phenoxy) is 1. The fourth-order valence-corrected chi connectivity index (χ4v) is 3.48. The first-order valence-electron chi connectivity index (χ1n) is 8.67. The van der Waals surface area contributed by atoms with Crippen LogP contribution in [0.2, 0.25) is 0 Å². The summed E-state index contributed by atoms with van der Waals surface area (Å²) in [5.41, 5.74) is 4.16. The zero-order chi connectivity index (χ0) is 19.9. The Morgan fingerprint density at radius 2 is 1.32 bits per heavy atom. The Hall–Kier alpha value is -1.87. The average molecular weight is 596 g/mol. The van der Waals surface area contributed by atoms with E-state index in [0.29, 0.717) is 6.61 Å². The minimum absolute atomic E-state index is 0.0178. The molecule has 0 aromatic heterocycles. The third-order valence-corrected chi connectivity index (χ3v) is 5.56. The van der Waals surface area contributed by atoms with Crippen LogP contribution < -0.4 is 4.74 Å². The highest BCUT2D eigenvalue weighted by Crippen LogP contribution is 2.25. The van der Waals surface area contributed by atoms with Gasteiger partial charge in [-0.05, 0) is 110 Å². The first kappa shape index (κ1) is 20.9. The topological polar surface area (TPSA) is 46.5 Å². The minimum atomic E-state index is -0.837. The molecule has 28 heavy (non-hydrogen) atoms. The van der Waals surface area contributed by atoms with Crippen molar-refractivity contribution in [3.63, 3.8) is 0 Å². The predicted octanol–water partition coefficient (Wildman–Crippen LogP) is 6.03. The van der Waals surface area contributed by atoms with Crippen LogP contribution in [0.5, 0.6) is 5.75 Å². The molecule has 3 rings (SSSR count). The number of carbonyl (C=O) groups is 1. The number of rotatable bonds is 7. The van der Waals surface area contributed by atoms with Gasteiger partial charge in [0, 0.05) is 7.14 Å². The molecular formula is C23H18I2O3.